The predicted molar refractivity (Wildman–Crippen MR) is 59.2 cm³/mol. The lowest BCUT2D eigenvalue weighted by Crippen LogP contribution is -2.45. The molecule has 90 valence electrons. The van der Waals surface area contributed by atoms with Crippen LogP contribution in [-0.2, 0) is 0 Å². The van der Waals surface area contributed by atoms with Crippen molar-refractivity contribution in [2.75, 3.05) is 6.54 Å². The molecule has 0 N–H and O–H groups in total. The van der Waals surface area contributed by atoms with Crippen molar-refractivity contribution in [3.63, 3.8) is 0 Å². The molecule has 0 aliphatic carbocycles. The summed E-state index contributed by atoms with van der Waals surface area (Å²) in [6.07, 6.45) is -0.605. The van der Waals surface area contributed by atoms with Crippen molar-refractivity contribution in [1.82, 2.24) is 4.90 Å². The van der Waals surface area contributed by atoms with E-state index in [4.69, 9.17) is 0 Å². The fourth-order valence-electron chi connectivity index (χ4n) is 2.45. The molecule has 1 aliphatic heterocycles. The van der Waals surface area contributed by atoms with Gasteiger partial charge in [-0.25, -0.2) is 8.78 Å². The van der Waals surface area contributed by atoms with E-state index in [1.165, 1.54) is 0 Å². The van der Waals surface area contributed by atoms with Gasteiger partial charge in [-0.2, -0.15) is 0 Å². The first-order valence-corrected chi connectivity index (χ1v) is 5.99. The number of rotatable bonds is 4. The average Bonchev–Trinajstić information content (AvgIpc) is 2.63. The zero-order valence-electron chi connectivity index (χ0n) is 10.2. The van der Waals surface area contributed by atoms with Crippen LogP contribution in [0.4, 0.5) is 8.78 Å². The summed E-state index contributed by atoms with van der Waals surface area (Å²) in [5.74, 6) is 1.03. The zero-order valence-corrected chi connectivity index (χ0v) is 10.2. The molecule has 0 amide bonds. The fourth-order valence-corrected chi connectivity index (χ4v) is 2.45. The minimum Gasteiger partial charge on any atom is -0.292 e. The zero-order chi connectivity index (χ0) is 11.6. The Kier molecular flexibility index (Phi) is 4.50. The standard InChI is InChI=1S/C12H23F2N/c1-8(2)9(3)10(4)15-7-5-6-11(15)12(13)14/h8-12H,5-7H2,1-4H3/t9-,10-,11?/m1/s1. The number of nitrogens with zero attached hydrogens (tertiary/aromatic N) is 1. The van der Waals surface area contributed by atoms with Gasteiger partial charge >= 0.3 is 0 Å². The lowest BCUT2D eigenvalue weighted by atomic mass is 9.90. The van der Waals surface area contributed by atoms with E-state index >= 15 is 0 Å². The highest BCUT2D eigenvalue weighted by Crippen LogP contribution is 2.29. The molecule has 3 heteroatoms. The largest absolute Gasteiger partial charge is 0.292 e. The Morgan fingerprint density at radius 3 is 2.20 bits per heavy atom. The lowest BCUT2D eigenvalue weighted by Gasteiger charge is -2.35. The number of hydrogen-bond acceptors (Lipinski definition) is 1. The van der Waals surface area contributed by atoms with Crippen LogP contribution in [0.2, 0.25) is 0 Å². The fraction of sp³-hybridized carbons (Fsp3) is 1.00. The molecule has 0 aromatic carbocycles. The van der Waals surface area contributed by atoms with Crippen LogP contribution >= 0.6 is 0 Å². The second kappa shape index (κ2) is 5.24. The number of alkyl halides is 2. The molecule has 1 aliphatic rings. The second-order valence-electron chi connectivity index (χ2n) is 5.13. The topological polar surface area (TPSA) is 3.24 Å². The van der Waals surface area contributed by atoms with Gasteiger partial charge in [0.2, 0.25) is 0 Å². The van der Waals surface area contributed by atoms with E-state index in [2.05, 4.69) is 27.7 Å². The van der Waals surface area contributed by atoms with Crippen LogP contribution < -0.4 is 0 Å². The van der Waals surface area contributed by atoms with Gasteiger partial charge in [0.1, 0.15) is 0 Å². The van der Waals surface area contributed by atoms with E-state index in [1.807, 2.05) is 4.90 Å². The van der Waals surface area contributed by atoms with Gasteiger partial charge in [-0.3, -0.25) is 4.90 Å². The summed E-state index contributed by atoms with van der Waals surface area (Å²) in [6.45, 7) is 9.41. The van der Waals surface area contributed by atoms with Gasteiger partial charge in [0, 0.05) is 6.04 Å². The molecule has 15 heavy (non-hydrogen) atoms. The molecule has 0 radical (unpaired) electrons. The third kappa shape index (κ3) is 2.90. The molecule has 0 aromatic heterocycles. The summed E-state index contributed by atoms with van der Waals surface area (Å²) in [6, 6.07) is -0.229. The molecule has 1 unspecified atom stereocenters. The number of halogens is 2. The monoisotopic (exact) mass is 219 g/mol. The normalized spacial score (nSPS) is 27.6. The van der Waals surface area contributed by atoms with Gasteiger partial charge in [-0.1, -0.05) is 20.8 Å². The molecular weight excluding hydrogens is 196 g/mol. The van der Waals surface area contributed by atoms with Crippen LogP contribution in [0.25, 0.3) is 0 Å². The third-order valence-corrected chi connectivity index (χ3v) is 3.97. The van der Waals surface area contributed by atoms with Crippen LogP contribution in [0.5, 0.6) is 0 Å². The summed E-state index contributed by atoms with van der Waals surface area (Å²) in [7, 11) is 0. The SMILES string of the molecule is CC(C)[C@@H](C)[C@@H](C)N1CCCC1C(F)F. The average molecular weight is 219 g/mol. The summed E-state index contributed by atoms with van der Waals surface area (Å²) in [4.78, 5) is 2.01. The molecule has 3 atom stereocenters. The smallest absolute Gasteiger partial charge is 0.253 e. The summed E-state index contributed by atoms with van der Waals surface area (Å²) in [5.41, 5.74) is 0. The molecule has 1 fully saturated rings. The van der Waals surface area contributed by atoms with E-state index in [1.54, 1.807) is 0 Å². The molecule has 1 heterocycles. The van der Waals surface area contributed by atoms with Gasteiger partial charge in [0.25, 0.3) is 6.43 Å². The first-order chi connectivity index (χ1) is 6.95. The molecule has 0 spiro atoms. The minimum atomic E-state index is -2.19. The molecular formula is C12H23F2N. The Labute approximate surface area is 91.8 Å². The van der Waals surface area contributed by atoms with Gasteiger partial charge in [-0.15, -0.1) is 0 Å². The van der Waals surface area contributed by atoms with E-state index in [0.717, 1.165) is 13.0 Å². The molecule has 1 rings (SSSR count). The van der Waals surface area contributed by atoms with Crippen molar-refractivity contribution in [1.29, 1.82) is 0 Å². The minimum absolute atomic E-state index is 0.270. The Hall–Kier alpha value is -0.180. The summed E-state index contributed by atoms with van der Waals surface area (Å²) >= 11 is 0. The van der Waals surface area contributed by atoms with Crippen LogP contribution in [-0.4, -0.2) is 30.0 Å². The molecule has 0 aromatic rings. The number of hydrogen-bond donors (Lipinski definition) is 0. The van der Waals surface area contributed by atoms with Gasteiger partial charge in [-0.05, 0) is 38.1 Å². The molecule has 1 saturated heterocycles. The Morgan fingerprint density at radius 1 is 1.13 bits per heavy atom. The highest BCUT2D eigenvalue weighted by molar-refractivity contribution is 4.87. The van der Waals surface area contributed by atoms with Crippen LogP contribution in [0.15, 0.2) is 0 Å². The van der Waals surface area contributed by atoms with E-state index in [9.17, 15) is 8.78 Å². The third-order valence-electron chi connectivity index (χ3n) is 3.97. The van der Waals surface area contributed by atoms with Crippen molar-refractivity contribution < 1.29 is 8.78 Å². The van der Waals surface area contributed by atoms with Gasteiger partial charge < -0.3 is 0 Å². The van der Waals surface area contributed by atoms with Crippen molar-refractivity contribution in [2.45, 2.75) is 59.0 Å². The summed E-state index contributed by atoms with van der Waals surface area (Å²) < 4.78 is 25.5. The Bertz CT molecular complexity index is 194. The van der Waals surface area contributed by atoms with Crippen molar-refractivity contribution in [3.8, 4) is 0 Å². The molecule has 0 saturated carbocycles. The van der Waals surface area contributed by atoms with Crippen LogP contribution in [0, 0.1) is 11.8 Å². The highest BCUT2D eigenvalue weighted by atomic mass is 19.3. The quantitative estimate of drug-likeness (QED) is 0.700. The van der Waals surface area contributed by atoms with E-state index in [0.29, 0.717) is 18.3 Å². The number of likely N-dealkylation sites (tertiary alicyclic amines) is 1. The van der Waals surface area contributed by atoms with Crippen LogP contribution in [0.1, 0.15) is 40.5 Å². The van der Waals surface area contributed by atoms with E-state index in [-0.39, 0.29) is 6.04 Å². The highest BCUT2D eigenvalue weighted by Gasteiger charge is 2.36. The lowest BCUT2D eigenvalue weighted by molar-refractivity contribution is 0.0140. The van der Waals surface area contributed by atoms with Gasteiger partial charge in [0.15, 0.2) is 0 Å². The van der Waals surface area contributed by atoms with Crippen molar-refractivity contribution >= 4 is 0 Å². The molecule has 0 bridgehead atoms. The predicted octanol–water partition coefficient (Wildman–Crippen LogP) is 3.40. The van der Waals surface area contributed by atoms with Gasteiger partial charge in [0.05, 0.1) is 6.04 Å². The summed E-state index contributed by atoms with van der Waals surface area (Å²) in [5, 5.41) is 0. The Balaban J connectivity index is 2.61. The first-order valence-electron chi connectivity index (χ1n) is 5.99. The maximum Gasteiger partial charge on any atom is 0.253 e. The maximum absolute atomic E-state index is 12.8. The van der Waals surface area contributed by atoms with E-state index < -0.39 is 12.5 Å². The molecule has 1 nitrogen and oxygen atoms in total. The maximum atomic E-state index is 12.8. The first kappa shape index (κ1) is 12.9. The van der Waals surface area contributed by atoms with Crippen molar-refractivity contribution in [3.05, 3.63) is 0 Å². The second-order valence-corrected chi connectivity index (χ2v) is 5.13. The van der Waals surface area contributed by atoms with Crippen LogP contribution in [0.3, 0.4) is 0 Å². The van der Waals surface area contributed by atoms with Crippen molar-refractivity contribution in [2.24, 2.45) is 11.8 Å². The Morgan fingerprint density at radius 2 is 1.73 bits per heavy atom.